The molecule has 0 amide bonds. The number of nitrogens with zero attached hydrogens (tertiary/aromatic N) is 4. The molecule has 3 aromatic heterocycles. The van der Waals surface area contributed by atoms with Gasteiger partial charge in [-0.15, -0.1) is 0 Å². The molecule has 13 heteroatoms. The molecule has 0 aliphatic carbocycles. The van der Waals surface area contributed by atoms with Crippen molar-refractivity contribution in [3.63, 3.8) is 0 Å². The van der Waals surface area contributed by atoms with Crippen LogP contribution in [0.4, 0.5) is 5.82 Å². The summed E-state index contributed by atoms with van der Waals surface area (Å²) in [5.74, 6) is 0.282. The fourth-order valence-corrected chi connectivity index (χ4v) is 5.49. The molecule has 4 N–H and O–H groups in total. The van der Waals surface area contributed by atoms with Crippen molar-refractivity contribution in [1.29, 1.82) is 0 Å². The van der Waals surface area contributed by atoms with Crippen LogP contribution in [-0.4, -0.2) is 60.8 Å². The van der Waals surface area contributed by atoms with E-state index in [0.29, 0.717) is 17.5 Å². The quantitative estimate of drug-likeness (QED) is 0.458. The summed E-state index contributed by atoms with van der Waals surface area (Å²) in [7, 11) is -3.93. The molecule has 0 bridgehead atoms. The molecule has 0 saturated carbocycles. The molecule has 5 rings (SSSR count). The van der Waals surface area contributed by atoms with Crippen molar-refractivity contribution in [2.24, 2.45) is 0 Å². The first-order chi connectivity index (χ1) is 15.8. The minimum Gasteiger partial charge on any atom is -0.387 e. The molecule has 0 radical (unpaired) electrons. The van der Waals surface area contributed by atoms with Crippen LogP contribution in [0.2, 0.25) is 0 Å². The summed E-state index contributed by atoms with van der Waals surface area (Å²) < 4.78 is 36.9. The number of pyridine rings is 1. The van der Waals surface area contributed by atoms with E-state index in [2.05, 4.69) is 15.0 Å². The number of rotatable bonds is 5. The zero-order chi connectivity index (χ0) is 23.2. The summed E-state index contributed by atoms with van der Waals surface area (Å²) in [5, 5.41) is 22.4. The molecule has 0 aromatic carbocycles. The van der Waals surface area contributed by atoms with Gasteiger partial charge in [0.05, 0.1) is 24.7 Å². The van der Waals surface area contributed by atoms with Crippen LogP contribution in [0.5, 0.6) is 0 Å². The first kappa shape index (κ1) is 22.4. The second kappa shape index (κ2) is 8.41. The molecule has 2 fully saturated rings. The summed E-state index contributed by atoms with van der Waals surface area (Å²) in [6, 6.07) is 5.27. The molecule has 2 unspecified atom stereocenters. The lowest BCUT2D eigenvalue weighted by atomic mass is 9.96. The molecular weight excluding hydrogens is 453 g/mol. The molecule has 6 atom stereocenters. The minimum absolute atomic E-state index is 0.168. The Labute approximate surface area is 188 Å². The number of aromatic nitrogens is 4. The standard InChI is InChI=1S/C20H24N5O7P/c1-20(27)16(26)15(31-19(20)25-7-4-13-17(21)23-11-24-18(13)25)10-30-33(28)29-8-5-14(32-33)12-3-2-6-22-9-12/h2-4,6-7,9,11,14-16,19,26-27H,5,8,10H2,1H3,(H2,21,23,24)/t14-,15?,16+,19+,20+,33?/m0/s1. The van der Waals surface area contributed by atoms with Gasteiger partial charge >= 0.3 is 7.82 Å². The van der Waals surface area contributed by atoms with Gasteiger partial charge < -0.3 is 25.3 Å². The summed E-state index contributed by atoms with van der Waals surface area (Å²) >= 11 is 0. The zero-order valence-electron chi connectivity index (χ0n) is 17.7. The highest BCUT2D eigenvalue weighted by atomic mass is 31.2. The molecule has 12 nitrogen and oxygen atoms in total. The Morgan fingerprint density at radius 1 is 1.39 bits per heavy atom. The second-order valence-corrected chi connectivity index (χ2v) is 9.78. The van der Waals surface area contributed by atoms with Crippen LogP contribution >= 0.6 is 7.82 Å². The molecule has 2 aliphatic heterocycles. The zero-order valence-corrected chi connectivity index (χ0v) is 18.6. The first-order valence-electron chi connectivity index (χ1n) is 10.4. The van der Waals surface area contributed by atoms with Gasteiger partial charge in [-0.2, -0.15) is 0 Å². The predicted octanol–water partition coefficient (Wildman–Crippen LogP) is 1.72. The van der Waals surface area contributed by atoms with Crippen molar-refractivity contribution in [2.45, 2.75) is 43.5 Å². The lowest BCUT2D eigenvalue weighted by Gasteiger charge is -2.30. The van der Waals surface area contributed by atoms with E-state index < -0.39 is 38.0 Å². The maximum atomic E-state index is 13.0. The maximum absolute atomic E-state index is 13.0. The van der Waals surface area contributed by atoms with Gasteiger partial charge in [0.15, 0.2) is 6.23 Å². The Balaban J connectivity index is 1.31. The van der Waals surface area contributed by atoms with E-state index in [1.807, 2.05) is 6.07 Å². The number of aliphatic hydroxyl groups excluding tert-OH is 1. The Morgan fingerprint density at radius 3 is 3.03 bits per heavy atom. The van der Waals surface area contributed by atoms with Gasteiger partial charge in [-0.1, -0.05) is 6.07 Å². The summed E-state index contributed by atoms with van der Waals surface area (Å²) in [5.41, 5.74) is 5.37. The number of phosphoric ester groups is 1. The number of hydrogen-bond acceptors (Lipinski definition) is 11. The van der Waals surface area contributed by atoms with Gasteiger partial charge in [0.25, 0.3) is 0 Å². The Bertz CT molecular complexity index is 1190. The van der Waals surface area contributed by atoms with Crippen molar-refractivity contribution in [2.75, 3.05) is 18.9 Å². The lowest BCUT2D eigenvalue weighted by Crippen LogP contribution is -2.44. The third-order valence-electron chi connectivity index (χ3n) is 5.89. The van der Waals surface area contributed by atoms with Crippen LogP contribution in [0.1, 0.15) is 31.2 Å². The first-order valence-corrected chi connectivity index (χ1v) is 11.8. The molecule has 5 heterocycles. The van der Waals surface area contributed by atoms with Gasteiger partial charge in [0, 0.05) is 25.0 Å². The van der Waals surface area contributed by atoms with Crippen LogP contribution in [0, 0.1) is 0 Å². The number of ether oxygens (including phenoxy) is 1. The molecular formula is C20H24N5O7P. The van der Waals surface area contributed by atoms with E-state index in [0.717, 1.165) is 5.56 Å². The SMILES string of the molecule is C[C@@]1(O)[C@H](O)C(COP2(=O)OCC[C@@H](c3cccnc3)O2)O[C@H]1n1ccc2c(N)ncnc21. The van der Waals surface area contributed by atoms with Crippen molar-refractivity contribution >= 4 is 24.7 Å². The van der Waals surface area contributed by atoms with Crippen molar-refractivity contribution < 1.29 is 33.1 Å². The molecule has 176 valence electrons. The van der Waals surface area contributed by atoms with Gasteiger partial charge in [0.2, 0.25) is 0 Å². The van der Waals surface area contributed by atoms with Crippen molar-refractivity contribution in [3.05, 3.63) is 48.7 Å². The smallest absolute Gasteiger partial charge is 0.387 e. The van der Waals surface area contributed by atoms with E-state index in [1.165, 1.54) is 13.3 Å². The van der Waals surface area contributed by atoms with Gasteiger partial charge in [-0.05, 0) is 24.6 Å². The molecule has 33 heavy (non-hydrogen) atoms. The highest BCUT2D eigenvalue weighted by molar-refractivity contribution is 7.48. The van der Waals surface area contributed by atoms with Crippen LogP contribution in [-0.2, 0) is 22.9 Å². The third kappa shape index (κ3) is 4.04. The average molecular weight is 477 g/mol. The second-order valence-electron chi connectivity index (χ2n) is 8.16. The summed E-state index contributed by atoms with van der Waals surface area (Å²) in [6.07, 6.45) is 2.81. The van der Waals surface area contributed by atoms with Gasteiger partial charge in [0.1, 0.15) is 35.6 Å². The monoisotopic (exact) mass is 477 g/mol. The fourth-order valence-electron chi connectivity index (χ4n) is 4.09. The van der Waals surface area contributed by atoms with E-state index in [-0.39, 0.29) is 19.0 Å². The number of nitrogen functional groups attached to an aromatic ring is 1. The summed E-state index contributed by atoms with van der Waals surface area (Å²) in [4.78, 5) is 12.2. The van der Waals surface area contributed by atoms with Gasteiger partial charge in [-0.3, -0.25) is 18.6 Å². The van der Waals surface area contributed by atoms with E-state index in [1.54, 1.807) is 35.3 Å². The number of hydrogen-bond donors (Lipinski definition) is 3. The van der Waals surface area contributed by atoms with E-state index in [9.17, 15) is 14.8 Å². The average Bonchev–Trinajstić information content (AvgIpc) is 3.33. The minimum atomic E-state index is -3.93. The maximum Gasteiger partial charge on any atom is 0.475 e. The number of phosphoric acid groups is 1. The fraction of sp³-hybridized carbons (Fsp3) is 0.450. The van der Waals surface area contributed by atoms with Crippen LogP contribution in [0.3, 0.4) is 0 Å². The van der Waals surface area contributed by atoms with Crippen LogP contribution in [0.15, 0.2) is 43.1 Å². The number of fused-ring (bicyclic) bond motifs is 1. The third-order valence-corrected chi connectivity index (χ3v) is 7.36. The highest BCUT2D eigenvalue weighted by Crippen LogP contribution is 2.57. The number of anilines is 1. The van der Waals surface area contributed by atoms with E-state index >= 15 is 0 Å². The lowest BCUT2D eigenvalue weighted by molar-refractivity contribution is -0.0950. The molecule has 2 saturated heterocycles. The van der Waals surface area contributed by atoms with Gasteiger partial charge in [-0.25, -0.2) is 14.5 Å². The Hall–Kier alpha value is -2.44. The number of nitrogens with two attached hydrogens (primary N) is 1. The topological polar surface area (TPSA) is 164 Å². The predicted molar refractivity (Wildman–Crippen MR) is 115 cm³/mol. The van der Waals surface area contributed by atoms with Crippen LogP contribution < -0.4 is 5.73 Å². The normalized spacial score (nSPS) is 34.6. The Kier molecular flexibility index (Phi) is 5.69. The number of aliphatic hydroxyl groups is 2. The molecule has 3 aromatic rings. The van der Waals surface area contributed by atoms with Crippen molar-refractivity contribution in [3.8, 4) is 0 Å². The highest BCUT2D eigenvalue weighted by Gasteiger charge is 2.54. The molecule has 2 aliphatic rings. The molecule has 0 spiro atoms. The summed E-state index contributed by atoms with van der Waals surface area (Å²) in [6.45, 7) is 1.27. The largest absolute Gasteiger partial charge is 0.475 e. The van der Waals surface area contributed by atoms with Crippen molar-refractivity contribution in [1.82, 2.24) is 19.5 Å². The van der Waals surface area contributed by atoms with E-state index in [4.69, 9.17) is 24.0 Å². The van der Waals surface area contributed by atoms with Crippen LogP contribution in [0.25, 0.3) is 11.0 Å². The Morgan fingerprint density at radius 2 is 2.24 bits per heavy atom.